The standard InChI is InChI=1S/4C22H29FO5.C2H4O2.4Na.H3O4P/c4*1-12-8-16-15-5-4-13-9-14(25)6-7-19(13,2)21(15,23)17(26)10-20(16,3)22(12,28)18(27)11-24;1-2(3)4;;;;;1-5(2,3)4/h4*6-7,9,12,15-17,24,26,28H,4-5,8,10-11H2,1-3H3;1H3,(H,3,4);;;;;(H3,1,2,3,4)/q;;;;;4*+1;/p-4/t3*12-,15?,16?,17+,19+,20+,21+,22+;12-,15-,16?,17+,19+,20+,21+,22+;;;;;;/m1111....../s1. The van der Waals surface area contributed by atoms with Crippen molar-refractivity contribution in [1.82, 2.24) is 0 Å². The molecule has 0 aromatic heterocycles. The Balaban J connectivity index is 0.000000219. The number of carbonyl (C=O) groups excluding carboxylic acids is 9. The molecule has 125 heavy (non-hydrogen) atoms. The Hall–Kier alpha value is -1.90. The van der Waals surface area contributed by atoms with E-state index in [0.29, 0.717) is 99.3 Å². The van der Waals surface area contributed by atoms with Gasteiger partial charge in [0.2, 0.25) is 0 Å². The molecule has 12 N–H and O–H groups in total. The van der Waals surface area contributed by atoms with E-state index in [4.69, 9.17) is 29.1 Å². The summed E-state index contributed by atoms with van der Waals surface area (Å²) in [5.74, 6) is -9.56. The van der Waals surface area contributed by atoms with Crippen molar-refractivity contribution in [2.45, 2.75) is 262 Å². The Morgan fingerprint density at radius 1 is 0.368 bits per heavy atom. The van der Waals surface area contributed by atoms with Crippen molar-refractivity contribution in [2.75, 3.05) is 26.4 Å². The van der Waals surface area contributed by atoms with Crippen molar-refractivity contribution < 1.29 is 265 Å². The molecular formula is C90H119F4Na4O26P. The van der Waals surface area contributed by atoms with Gasteiger partial charge in [-0.25, -0.2) is 17.6 Å². The minimum absolute atomic E-state index is 0. The van der Waals surface area contributed by atoms with Crippen molar-refractivity contribution in [3.8, 4) is 0 Å². The van der Waals surface area contributed by atoms with Crippen LogP contribution in [0.25, 0.3) is 0 Å². The Morgan fingerprint density at radius 2 is 0.520 bits per heavy atom. The molecule has 0 aromatic rings. The van der Waals surface area contributed by atoms with Crippen LogP contribution in [-0.2, 0) is 47.7 Å². The largest absolute Gasteiger partial charge is 1.00 e. The van der Waals surface area contributed by atoms with E-state index in [1.807, 2.05) is 0 Å². The zero-order valence-electron chi connectivity index (χ0n) is 74.8. The third kappa shape index (κ3) is 15.8. The maximum atomic E-state index is 16.9. The summed E-state index contributed by atoms with van der Waals surface area (Å²) in [6.45, 7) is 18.9. The molecule has 12 fully saturated rings. The fraction of sp³-hybridized carbons (Fsp3) is 0.722. The van der Waals surface area contributed by atoms with E-state index >= 15 is 17.6 Å². The average molecular weight is 1820 g/mol. The van der Waals surface area contributed by atoms with Crippen molar-refractivity contribution in [3.63, 3.8) is 0 Å². The fourth-order valence-corrected chi connectivity index (χ4v) is 29.0. The smallest absolute Gasteiger partial charge is 0.822 e. The van der Waals surface area contributed by atoms with E-state index in [9.17, 15) is 99.6 Å². The maximum absolute atomic E-state index is 16.9. The second-order valence-corrected chi connectivity index (χ2v) is 40.8. The number of carbonyl (C=O) groups is 9. The molecule has 7 unspecified atom stereocenters. The molecule has 0 radical (unpaired) electrons. The van der Waals surface area contributed by atoms with Crippen molar-refractivity contribution in [1.29, 1.82) is 0 Å². The number of aliphatic hydroxyl groups excluding tert-OH is 8. The normalized spacial score (nSPS) is 47.7. The number of allylic oxidation sites excluding steroid dienone is 16. The molecule has 0 spiro atoms. The van der Waals surface area contributed by atoms with E-state index < -0.39 is 224 Å². The van der Waals surface area contributed by atoms with Crippen molar-refractivity contribution >= 4 is 60.1 Å². The molecular weight excluding hydrogens is 1700 g/mol. The number of fused-ring (bicyclic) bond motifs is 20. The van der Waals surface area contributed by atoms with Gasteiger partial charge in [-0.15, -0.1) is 0 Å². The quantitative estimate of drug-likeness (QED) is 0.0610. The number of carboxylic acid groups (broad SMARTS) is 1. The summed E-state index contributed by atoms with van der Waals surface area (Å²) >= 11 is 0. The van der Waals surface area contributed by atoms with Crippen LogP contribution in [0.4, 0.5) is 17.6 Å². The SMILES string of the molecule is CC(=O)[O-].C[C@@H]1CC2C3CCC4=CC(=O)C=C[C@]4(C)[C@@]3(F)[C@@H](O)C[C@]2(C)[C@@]1(O)C(=O)CO.C[C@@H]1CC2C3CCC4=CC(=O)C=C[C@]4(C)[C@@]3(F)[C@@H](O)C[C@]2(C)[C@@]1(O)C(=O)CO.C[C@@H]1CC2C3CCC4=CC(=O)C=C[C@]4(C)[C@@]3(F)[C@@H](O)C[C@]2(C)[C@@]1(O)C(=O)CO.C[C@@H]1CC2[C@H]3CCC4=CC(=O)C=C[C@]4(C)[C@@]3(F)[C@@H](O)C[C@]2(C)[C@@]1(O)C(=O)CO.O=P([O-])([O-])[O-].[Na+].[Na+].[Na+].[Na+]. The first-order valence-electron chi connectivity index (χ1n) is 42.2. The predicted molar refractivity (Wildman–Crippen MR) is 418 cm³/mol. The van der Waals surface area contributed by atoms with Crippen LogP contribution in [0.15, 0.2) is 95.2 Å². The van der Waals surface area contributed by atoms with Crippen LogP contribution in [0.3, 0.4) is 0 Å². The van der Waals surface area contributed by atoms with E-state index in [-0.39, 0.29) is 191 Å². The maximum Gasteiger partial charge on any atom is 1.00 e. The fourth-order valence-electron chi connectivity index (χ4n) is 29.0. The molecule has 16 aliphatic rings. The molecule has 672 valence electrons. The van der Waals surface area contributed by atoms with Crippen LogP contribution in [-0.4, -0.2) is 209 Å². The molecule has 0 saturated heterocycles. The molecule has 12 saturated carbocycles. The topological polar surface area (TPSA) is 506 Å². The number of ketones is 8. The number of hydrogen-bond donors (Lipinski definition) is 12. The first kappa shape index (κ1) is 110. The van der Waals surface area contributed by atoms with Gasteiger partial charge in [-0.2, -0.15) is 7.82 Å². The van der Waals surface area contributed by atoms with Gasteiger partial charge in [0.25, 0.3) is 0 Å². The molecule has 16 rings (SSSR count). The summed E-state index contributed by atoms with van der Waals surface area (Å²) in [5, 5.41) is 137. The van der Waals surface area contributed by atoms with Gasteiger partial charge < -0.3 is 90.4 Å². The van der Waals surface area contributed by atoms with E-state index in [1.54, 1.807) is 107 Å². The van der Waals surface area contributed by atoms with Gasteiger partial charge in [0.05, 0.1) is 24.4 Å². The first-order chi connectivity index (χ1) is 55.6. The number of rotatable bonds is 8. The van der Waals surface area contributed by atoms with Gasteiger partial charge in [-0.05, 0) is 233 Å². The Bertz CT molecular complexity index is 4070. The van der Waals surface area contributed by atoms with Crippen LogP contribution in [0.1, 0.15) is 193 Å². The molecule has 0 amide bonds. The predicted octanol–water partition coefficient (Wildman–Crippen LogP) is -8.47. The Labute approximate surface area is 815 Å². The minimum atomic E-state index is -5.39. The second-order valence-electron chi connectivity index (χ2n) is 39.9. The average Bonchev–Trinajstić information content (AvgIpc) is 1.60. The van der Waals surface area contributed by atoms with E-state index in [0.717, 1.165) is 6.92 Å². The van der Waals surface area contributed by atoms with E-state index in [1.165, 1.54) is 48.6 Å². The summed E-state index contributed by atoms with van der Waals surface area (Å²) in [6, 6.07) is 0. The van der Waals surface area contributed by atoms with Gasteiger partial charge in [0.15, 0.2) is 68.9 Å². The van der Waals surface area contributed by atoms with Crippen LogP contribution < -0.4 is 138 Å². The van der Waals surface area contributed by atoms with Crippen molar-refractivity contribution in [3.05, 3.63) is 95.2 Å². The summed E-state index contributed by atoms with van der Waals surface area (Å²) in [5.41, 5.74) is -20.7. The third-order valence-corrected chi connectivity index (χ3v) is 35.2. The van der Waals surface area contributed by atoms with Crippen LogP contribution in [0.2, 0.25) is 0 Å². The van der Waals surface area contributed by atoms with Gasteiger partial charge in [0, 0.05) is 73.0 Å². The monoisotopic (exact) mass is 1810 g/mol. The van der Waals surface area contributed by atoms with Gasteiger partial charge in [-0.1, -0.05) is 102 Å². The minimum Gasteiger partial charge on any atom is -0.822 e. The van der Waals surface area contributed by atoms with Gasteiger partial charge in [-0.3, -0.25) is 38.4 Å². The molecule has 0 aliphatic heterocycles. The first-order valence-corrected chi connectivity index (χ1v) is 43.7. The van der Waals surface area contributed by atoms with Crippen LogP contribution in [0, 0.1) is 114 Å². The Kier molecular flexibility index (Phi) is 32.9. The third-order valence-electron chi connectivity index (χ3n) is 35.2. The summed E-state index contributed by atoms with van der Waals surface area (Å²) in [4.78, 5) is 132. The van der Waals surface area contributed by atoms with Crippen LogP contribution >= 0.6 is 7.82 Å². The zero-order valence-corrected chi connectivity index (χ0v) is 83.7. The molecule has 35 heteroatoms. The van der Waals surface area contributed by atoms with Gasteiger partial charge >= 0.3 is 118 Å². The Morgan fingerprint density at radius 3 is 0.664 bits per heavy atom. The molecule has 0 aromatic carbocycles. The molecule has 0 heterocycles. The number of alkyl halides is 4. The van der Waals surface area contributed by atoms with E-state index in [2.05, 4.69) is 0 Å². The second kappa shape index (κ2) is 37.3. The molecule has 26 nitrogen and oxygen atoms in total. The number of aliphatic carboxylic acids is 1. The number of phosphoric acid groups is 1. The molecule has 16 aliphatic carbocycles. The number of halogens is 4. The number of carboxylic acids is 1. The molecule has 0 bridgehead atoms. The zero-order chi connectivity index (χ0) is 90.9. The molecule has 32 atom stereocenters. The summed E-state index contributed by atoms with van der Waals surface area (Å²) < 4.78 is 76.0. The number of Topliss-reactive ketones (excluding diaryl/α,β-unsaturated/α-hetero) is 4. The summed E-state index contributed by atoms with van der Waals surface area (Å²) in [6.07, 6.45) is 17.8. The summed E-state index contributed by atoms with van der Waals surface area (Å²) in [7, 11) is -5.39. The van der Waals surface area contributed by atoms with Crippen LogP contribution in [0.5, 0.6) is 0 Å². The van der Waals surface area contributed by atoms with Crippen molar-refractivity contribution in [2.24, 2.45) is 114 Å². The number of hydrogen-bond acceptors (Lipinski definition) is 26. The number of aliphatic hydroxyl groups is 12. The van der Waals surface area contributed by atoms with Gasteiger partial charge in [0.1, 0.15) is 48.8 Å².